The van der Waals surface area contributed by atoms with Crippen molar-refractivity contribution in [1.82, 2.24) is 0 Å². The van der Waals surface area contributed by atoms with Crippen molar-refractivity contribution in [1.29, 1.82) is 0 Å². The first-order chi connectivity index (χ1) is 6.98. The largest absolute Gasteiger partial charge is 0.381 e. The molecule has 0 spiro atoms. The van der Waals surface area contributed by atoms with Crippen LogP contribution >= 0.6 is 23.2 Å². The minimum Gasteiger partial charge on any atom is -0.381 e. The Morgan fingerprint density at radius 2 is 1.60 bits per heavy atom. The molecular weight excluding hydrogens is 231 g/mol. The van der Waals surface area contributed by atoms with Gasteiger partial charge in [0.2, 0.25) is 0 Å². The lowest BCUT2D eigenvalue weighted by atomic mass is 9.78. The van der Waals surface area contributed by atoms with Gasteiger partial charge >= 0.3 is 0 Å². The van der Waals surface area contributed by atoms with Crippen LogP contribution < -0.4 is 0 Å². The standard InChI is InChI=1S/C12H24Cl2O/c1-10(2)7-15-6-5-12(8-13,9-14)11(3)4/h10-11H,5-9H2,1-4H3. The van der Waals surface area contributed by atoms with Gasteiger partial charge in [0, 0.05) is 30.4 Å². The maximum atomic E-state index is 6.02. The van der Waals surface area contributed by atoms with Gasteiger partial charge in [-0.25, -0.2) is 0 Å². The molecule has 0 aromatic carbocycles. The van der Waals surface area contributed by atoms with Crippen molar-refractivity contribution in [2.45, 2.75) is 34.1 Å². The lowest BCUT2D eigenvalue weighted by molar-refractivity contribution is 0.0744. The van der Waals surface area contributed by atoms with E-state index in [9.17, 15) is 0 Å². The third-order valence-corrected chi connectivity index (χ3v) is 4.02. The van der Waals surface area contributed by atoms with Gasteiger partial charge in [0.15, 0.2) is 0 Å². The zero-order valence-electron chi connectivity index (χ0n) is 10.4. The predicted molar refractivity (Wildman–Crippen MR) is 69.0 cm³/mol. The van der Waals surface area contributed by atoms with Gasteiger partial charge in [-0.15, -0.1) is 23.2 Å². The maximum absolute atomic E-state index is 6.02. The van der Waals surface area contributed by atoms with Crippen LogP contribution in [0, 0.1) is 17.3 Å². The molecule has 0 aromatic rings. The molecule has 0 fully saturated rings. The van der Waals surface area contributed by atoms with Crippen molar-refractivity contribution in [3.05, 3.63) is 0 Å². The minimum atomic E-state index is 0.0279. The quantitative estimate of drug-likeness (QED) is 0.467. The fourth-order valence-electron chi connectivity index (χ4n) is 1.36. The average molecular weight is 255 g/mol. The highest BCUT2D eigenvalue weighted by Gasteiger charge is 2.31. The van der Waals surface area contributed by atoms with Crippen molar-refractivity contribution in [3.63, 3.8) is 0 Å². The third-order valence-electron chi connectivity index (χ3n) is 2.95. The molecule has 0 rings (SSSR count). The Balaban J connectivity index is 3.96. The van der Waals surface area contributed by atoms with Crippen LogP contribution in [0.4, 0.5) is 0 Å². The Labute approximate surface area is 104 Å². The van der Waals surface area contributed by atoms with Crippen molar-refractivity contribution in [3.8, 4) is 0 Å². The summed E-state index contributed by atoms with van der Waals surface area (Å²) in [6, 6.07) is 0. The van der Waals surface area contributed by atoms with E-state index in [1.165, 1.54) is 0 Å². The fraction of sp³-hybridized carbons (Fsp3) is 1.00. The van der Waals surface area contributed by atoms with Gasteiger partial charge in [0.25, 0.3) is 0 Å². The number of rotatable bonds is 8. The van der Waals surface area contributed by atoms with Gasteiger partial charge < -0.3 is 4.74 Å². The molecule has 0 aliphatic carbocycles. The first-order valence-corrected chi connectivity index (χ1v) is 6.75. The van der Waals surface area contributed by atoms with Crippen LogP contribution in [0.15, 0.2) is 0 Å². The summed E-state index contributed by atoms with van der Waals surface area (Å²) in [4.78, 5) is 0. The molecule has 0 N–H and O–H groups in total. The smallest absolute Gasteiger partial charge is 0.0488 e. The molecule has 15 heavy (non-hydrogen) atoms. The zero-order valence-corrected chi connectivity index (χ0v) is 11.9. The lowest BCUT2D eigenvalue weighted by Crippen LogP contribution is -2.33. The maximum Gasteiger partial charge on any atom is 0.0488 e. The minimum absolute atomic E-state index is 0.0279. The third kappa shape index (κ3) is 5.42. The van der Waals surface area contributed by atoms with Crippen molar-refractivity contribution in [2.24, 2.45) is 17.3 Å². The molecule has 0 radical (unpaired) electrons. The zero-order chi connectivity index (χ0) is 11.9. The lowest BCUT2D eigenvalue weighted by Gasteiger charge is -2.33. The normalized spacial score (nSPS) is 12.8. The van der Waals surface area contributed by atoms with Gasteiger partial charge in [-0.3, -0.25) is 0 Å². The Morgan fingerprint density at radius 3 is 1.93 bits per heavy atom. The van der Waals surface area contributed by atoms with Crippen molar-refractivity contribution in [2.75, 3.05) is 25.0 Å². The molecule has 0 saturated carbocycles. The summed E-state index contributed by atoms with van der Waals surface area (Å²) in [5.41, 5.74) is 0.0279. The van der Waals surface area contributed by atoms with E-state index in [2.05, 4.69) is 27.7 Å². The second kappa shape index (κ2) is 7.76. The van der Waals surface area contributed by atoms with E-state index < -0.39 is 0 Å². The summed E-state index contributed by atoms with van der Waals surface area (Å²) >= 11 is 12.0. The van der Waals surface area contributed by atoms with Crippen molar-refractivity contribution < 1.29 is 4.74 Å². The first kappa shape index (κ1) is 15.5. The number of hydrogen-bond donors (Lipinski definition) is 0. The molecule has 0 aliphatic rings. The predicted octanol–water partition coefficient (Wildman–Crippen LogP) is 4.17. The second-order valence-corrected chi connectivity index (χ2v) is 5.54. The molecule has 0 atom stereocenters. The monoisotopic (exact) mass is 254 g/mol. The summed E-state index contributed by atoms with van der Waals surface area (Å²) in [6.45, 7) is 10.2. The Hall–Kier alpha value is 0.540. The van der Waals surface area contributed by atoms with E-state index in [1.54, 1.807) is 0 Å². The Morgan fingerprint density at radius 1 is 1.07 bits per heavy atom. The highest BCUT2D eigenvalue weighted by molar-refractivity contribution is 6.21. The second-order valence-electron chi connectivity index (χ2n) is 5.00. The van der Waals surface area contributed by atoms with E-state index in [1.807, 2.05) is 0 Å². The van der Waals surface area contributed by atoms with Gasteiger partial charge in [-0.05, 0) is 18.3 Å². The molecule has 0 unspecified atom stereocenters. The molecular formula is C12H24Cl2O. The van der Waals surface area contributed by atoms with Crippen LogP contribution in [-0.2, 0) is 4.74 Å². The summed E-state index contributed by atoms with van der Waals surface area (Å²) in [6.07, 6.45) is 0.949. The number of alkyl halides is 2. The summed E-state index contributed by atoms with van der Waals surface area (Å²) in [5, 5.41) is 0. The molecule has 92 valence electrons. The molecule has 0 heterocycles. The van der Waals surface area contributed by atoms with E-state index in [0.29, 0.717) is 23.6 Å². The Kier molecular flexibility index (Phi) is 8.03. The molecule has 0 amide bonds. The Bertz CT molecular complexity index is 154. The van der Waals surface area contributed by atoms with Crippen LogP contribution in [0.5, 0.6) is 0 Å². The van der Waals surface area contributed by atoms with Crippen LogP contribution in [0.1, 0.15) is 34.1 Å². The highest BCUT2D eigenvalue weighted by atomic mass is 35.5. The van der Waals surface area contributed by atoms with E-state index >= 15 is 0 Å². The van der Waals surface area contributed by atoms with Crippen LogP contribution in [0.25, 0.3) is 0 Å². The average Bonchev–Trinajstić information content (AvgIpc) is 2.18. The molecule has 3 heteroatoms. The molecule has 0 aliphatic heterocycles. The van der Waals surface area contributed by atoms with Crippen LogP contribution in [0.3, 0.4) is 0 Å². The number of halogens is 2. The van der Waals surface area contributed by atoms with Crippen LogP contribution in [-0.4, -0.2) is 25.0 Å². The van der Waals surface area contributed by atoms with Gasteiger partial charge in [0.1, 0.15) is 0 Å². The highest BCUT2D eigenvalue weighted by Crippen LogP contribution is 2.34. The van der Waals surface area contributed by atoms with Gasteiger partial charge in [-0.1, -0.05) is 27.7 Å². The summed E-state index contributed by atoms with van der Waals surface area (Å²) in [7, 11) is 0. The molecule has 0 aromatic heterocycles. The van der Waals surface area contributed by atoms with Crippen molar-refractivity contribution >= 4 is 23.2 Å². The SMILES string of the molecule is CC(C)COCCC(CCl)(CCl)C(C)C. The topological polar surface area (TPSA) is 9.23 Å². The van der Waals surface area contributed by atoms with Gasteiger partial charge in [0.05, 0.1) is 0 Å². The van der Waals surface area contributed by atoms with Crippen LogP contribution in [0.2, 0.25) is 0 Å². The summed E-state index contributed by atoms with van der Waals surface area (Å²) in [5.74, 6) is 2.30. The van der Waals surface area contributed by atoms with E-state index in [-0.39, 0.29) is 5.41 Å². The van der Waals surface area contributed by atoms with Gasteiger partial charge in [-0.2, -0.15) is 0 Å². The van der Waals surface area contributed by atoms with E-state index in [4.69, 9.17) is 27.9 Å². The fourth-order valence-corrected chi connectivity index (χ4v) is 2.53. The molecule has 1 nitrogen and oxygen atoms in total. The first-order valence-electron chi connectivity index (χ1n) is 5.68. The number of ether oxygens (including phenoxy) is 1. The van der Waals surface area contributed by atoms with E-state index in [0.717, 1.165) is 19.6 Å². The summed E-state index contributed by atoms with van der Waals surface area (Å²) < 4.78 is 5.59. The molecule has 0 bridgehead atoms. The number of hydrogen-bond acceptors (Lipinski definition) is 1. The molecule has 0 saturated heterocycles.